The molecule has 3 aromatic rings. The Morgan fingerprint density at radius 1 is 1.16 bits per heavy atom. The molecule has 0 aliphatic rings. The number of anilines is 2. The second-order valence-electron chi connectivity index (χ2n) is 4.82. The number of pyridine rings is 1. The molecule has 4 N–H and O–H groups in total. The number of carbonyl (C=O) groups is 1. The Labute approximate surface area is 151 Å². The van der Waals surface area contributed by atoms with Gasteiger partial charge in [0.05, 0.1) is 5.56 Å². The lowest BCUT2D eigenvalue weighted by atomic mass is 10.3. The molecule has 0 saturated carbocycles. The number of nitrogen functional groups attached to an aromatic ring is 1. The summed E-state index contributed by atoms with van der Waals surface area (Å²) in [6.07, 6.45) is 4.31. The number of halogens is 1. The fraction of sp³-hybridized carbons (Fsp3) is 0. The van der Waals surface area contributed by atoms with Crippen molar-refractivity contribution < 1.29 is 9.53 Å². The first-order valence-corrected chi connectivity index (χ1v) is 7.93. The van der Waals surface area contributed by atoms with Crippen molar-refractivity contribution in [2.75, 3.05) is 11.2 Å². The molecule has 1 amide bonds. The maximum Gasteiger partial charge on any atom is 0.271 e. The smallest absolute Gasteiger partial charge is 0.271 e. The zero-order chi connectivity index (χ0) is 17.6. The van der Waals surface area contributed by atoms with Crippen molar-refractivity contribution in [3.8, 4) is 11.6 Å². The Morgan fingerprint density at radius 2 is 1.96 bits per heavy atom. The van der Waals surface area contributed by atoms with Gasteiger partial charge in [0.15, 0.2) is 5.82 Å². The molecule has 0 saturated heterocycles. The normalized spacial score (nSPS) is 10.1. The van der Waals surface area contributed by atoms with E-state index in [2.05, 4.69) is 41.7 Å². The summed E-state index contributed by atoms with van der Waals surface area (Å²) < 4.78 is 6.56. The van der Waals surface area contributed by atoms with Crippen molar-refractivity contribution in [1.82, 2.24) is 20.4 Å². The molecule has 0 aliphatic carbocycles. The highest BCUT2D eigenvalue weighted by atomic mass is 79.9. The number of nitrogens with two attached hydrogens (primary N) is 1. The third kappa shape index (κ3) is 4.21. The Morgan fingerprint density at radius 3 is 2.68 bits per heavy atom. The first-order chi connectivity index (χ1) is 12.1. The SMILES string of the molecule is Nc1c(NNC(=O)c2cccnc2)ncnc1Oc1ccc(Br)cc1. The monoisotopic (exact) mass is 400 g/mol. The molecule has 2 heterocycles. The number of aromatic nitrogens is 3. The van der Waals surface area contributed by atoms with Crippen LogP contribution in [0.5, 0.6) is 11.6 Å². The molecule has 2 aromatic heterocycles. The van der Waals surface area contributed by atoms with E-state index in [1.165, 1.54) is 12.5 Å². The van der Waals surface area contributed by atoms with Crippen molar-refractivity contribution in [3.63, 3.8) is 0 Å². The largest absolute Gasteiger partial charge is 0.437 e. The van der Waals surface area contributed by atoms with Crippen LogP contribution in [0.2, 0.25) is 0 Å². The van der Waals surface area contributed by atoms with Crippen LogP contribution in [0.4, 0.5) is 11.5 Å². The summed E-state index contributed by atoms with van der Waals surface area (Å²) in [6.45, 7) is 0. The average molecular weight is 401 g/mol. The molecule has 126 valence electrons. The van der Waals surface area contributed by atoms with Crippen LogP contribution in [0.3, 0.4) is 0 Å². The number of ether oxygens (including phenoxy) is 1. The number of rotatable bonds is 5. The summed E-state index contributed by atoms with van der Waals surface area (Å²) in [5.74, 6) is 0.593. The number of nitrogens with zero attached hydrogens (tertiary/aromatic N) is 3. The number of hydrogen-bond acceptors (Lipinski definition) is 7. The minimum absolute atomic E-state index is 0.164. The van der Waals surface area contributed by atoms with E-state index in [-0.39, 0.29) is 23.3 Å². The third-order valence-electron chi connectivity index (χ3n) is 3.09. The summed E-state index contributed by atoms with van der Waals surface area (Å²) in [6, 6.07) is 10.5. The number of benzene rings is 1. The van der Waals surface area contributed by atoms with Crippen molar-refractivity contribution >= 4 is 33.3 Å². The van der Waals surface area contributed by atoms with E-state index < -0.39 is 0 Å². The van der Waals surface area contributed by atoms with Crippen molar-refractivity contribution in [1.29, 1.82) is 0 Å². The maximum atomic E-state index is 12.0. The number of nitrogens with one attached hydrogen (secondary N) is 2. The maximum absolute atomic E-state index is 12.0. The molecule has 0 unspecified atom stereocenters. The van der Waals surface area contributed by atoms with Gasteiger partial charge in [-0.2, -0.15) is 4.98 Å². The van der Waals surface area contributed by atoms with Gasteiger partial charge >= 0.3 is 0 Å². The Bertz CT molecular complexity index is 874. The average Bonchev–Trinajstić information content (AvgIpc) is 2.64. The van der Waals surface area contributed by atoms with Crippen LogP contribution in [0.1, 0.15) is 10.4 Å². The standard InChI is InChI=1S/C16H13BrN6O2/c17-11-3-5-12(6-4-11)25-16-13(18)14(20-9-21-16)22-23-15(24)10-2-1-7-19-8-10/h1-9H,18H2,(H,23,24)(H,20,21,22). The van der Waals surface area contributed by atoms with Gasteiger partial charge in [-0.05, 0) is 36.4 Å². The van der Waals surface area contributed by atoms with Gasteiger partial charge in [-0.15, -0.1) is 0 Å². The predicted octanol–water partition coefficient (Wildman–Crippen LogP) is 2.77. The molecule has 0 fully saturated rings. The number of carbonyl (C=O) groups excluding carboxylic acids is 1. The molecule has 8 nitrogen and oxygen atoms in total. The molecule has 3 rings (SSSR count). The molecule has 0 radical (unpaired) electrons. The zero-order valence-corrected chi connectivity index (χ0v) is 14.4. The first kappa shape index (κ1) is 16.7. The molecular formula is C16H13BrN6O2. The molecule has 1 aromatic carbocycles. The van der Waals surface area contributed by atoms with E-state index in [4.69, 9.17) is 10.5 Å². The third-order valence-corrected chi connectivity index (χ3v) is 3.62. The lowest BCUT2D eigenvalue weighted by Gasteiger charge is -2.12. The Kier molecular flexibility index (Phi) is 5.05. The highest BCUT2D eigenvalue weighted by Crippen LogP contribution is 2.29. The molecular weight excluding hydrogens is 388 g/mol. The van der Waals surface area contributed by atoms with E-state index in [0.29, 0.717) is 11.3 Å². The number of hydrazine groups is 1. The van der Waals surface area contributed by atoms with Crippen LogP contribution in [-0.4, -0.2) is 20.9 Å². The van der Waals surface area contributed by atoms with E-state index >= 15 is 0 Å². The highest BCUT2D eigenvalue weighted by Gasteiger charge is 2.12. The van der Waals surface area contributed by atoms with Gasteiger partial charge < -0.3 is 10.5 Å². The summed E-state index contributed by atoms with van der Waals surface area (Å²) in [5, 5.41) is 0. The van der Waals surface area contributed by atoms with E-state index in [0.717, 1.165) is 4.47 Å². The van der Waals surface area contributed by atoms with Crippen LogP contribution in [0.25, 0.3) is 0 Å². The molecule has 25 heavy (non-hydrogen) atoms. The molecule has 9 heteroatoms. The summed E-state index contributed by atoms with van der Waals surface area (Å²) in [4.78, 5) is 23.9. The van der Waals surface area contributed by atoms with E-state index in [1.807, 2.05) is 12.1 Å². The Balaban J connectivity index is 1.70. The molecule has 0 bridgehead atoms. The summed E-state index contributed by atoms with van der Waals surface area (Å²) in [7, 11) is 0. The second kappa shape index (κ2) is 7.58. The van der Waals surface area contributed by atoms with Crippen LogP contribution in [0.15, 0.2) is 59.6 Å². The van der Waals surface area contributed by atoms with Gasteiger partial charge in [0.2, 0.25) is 5.88 Å². The minimum Gasteiger partial charge on any atom is -0.437 e. The zero-order valence-electron chi connectivity index (χ0n) is 12.8. The quantitative estimate of drug-likeness (QED) is 0.563. The first-order valence-electron chi connectivity index (χ1n) is 7.14. The van der Waals surface area contributed by atoms with Crippen molar-refractivity contribution in [2.45, 2.75) is 0 Å². The second-order valence-corrected chi connectivity index (χ2v) is 5.73. The fourth-order valence-electron chi connectivity index (χ4n) is 1.86. The van der Waals surface area contributed by atoms with Crippen LogP contribution in [0, 0.1) is 0 Å². The lowest BCUT2D eigenvalue weighted by molar-refractivity contribution is 0.0962. The van der Waals surface area contributed by atoms with E-state index in [1.54, 1.807) is 30.5 Å². The fourth-order valence-corrected chi connectivity index (χ4v) is 2.12. The van der Waals surface area contributed by atoms with Gasteiger partial charge in [-0.1, -0.05) is 15.9 Å². The number of amides is 1. The van der Waals surface area contributed by atoms with Crippen LogP contribution < -0.4 is 21.3 Å². The number of hydrogen-bond donors (Lipinski definition) is 3. The van der Waals surface area contributed by atoms with Crippen LogP contribution >= 0.6 is 15.9 Å². The summed E-state index contributed by atoms with van der Waals surface area (Å²) in [5.41, 5.74) is 11.7. The van der Waals surface area contributed by atoms with Gasteiger partial charge in [0.25, 0.3) is 5.91 Å². The Hall–Kier alpha value is -3.20. The van der Waals surface area contributed by atoms with E-state index in [9.17, 15) is 4.79 Å². The topological polar surface area (TPSA) is 115 Å². The van der Waals surface area contributed by atoms with Crippen LogP contribution in [-0.2, 0) is 0 Å². The summed E-state index contributed by atoms with van der Waals surface area (Å²) >= 11 is 3.35. The van der Waals surface area contributed by atoms with Crippen molar-refractivity contribution in [2.24, 2.45) is 0 Å². The lowest BCUT2D eigenvalue weighted by Crippen LogP contribution is -2.30. The molecule has 0 aliphatic heterocycles. The molecule has 0 atom stereocenters. The van der Waals surface area contributed by atoms with Gasteiger partial charge in [-0.25, -0.2) is 4.98 Å². The van der Waals surface area contributed by atoms with Crippen molar-refractivity contribution in [3.05, 3.63) is 65.2 Å². The van der Waals surface area contributed by atoms with Gasteiger partial charge in [0, 0.05) is 16.9 Å². The highest BCUT2D eigenvalue weighted by molar-refractivity contribution is 9.10. The van der Waals surface area contributed by atoms with Gasteiger partial charge in [0.1, 0.15) is 17.8 Å². The minimum atomic E-state index is -0.374. The molecule has 0 spiro atoms. The van der Waals surface area contributed by atoms with Gasteiger partial charge in [-0.3, -0.25) is 20.6 Å². The predicted molar refractivity (Wildman–Crippen MR) is 96.0 cm³/mol.